The van der Waals surface area contributed by atoms with Crippen LogP contribution in [-0.4, -0.2) is 24.5 Å². The van der Waals surface area contributed by atoms with E-state index in [1.165, 1.54) is 0 Å². The molecule has 0 atom stereocenters. The molecule has 0 aliphatic carbocycles. The first kappa shape index (κ1) is 10.5. The average molecular weight is 194 g/mol. The lowest BCUT2D eigenvalue weighted by atomic mass is 10.2. The van der Waals surface area contributed by atoms with E-state index in [1.807, 2.05) is 6.92 Å². The van der Waals surface area contributed by atoms with Crippen LogP contribution in [0.25, 0.3) is 0 Å². The van der Waals surface area contributed by atoms with Crippen LogP contribution in [-0.2, 0) is 0 Å². The van der Waals surface area contributed by atoms with E-state index >= 15 is 0 Å². The fourth-order valence-corrected chi connectivity index (χ4v) is 1.10. The molecule has 0 bridgehead atoms. The van der Waals surface area contributed by atoms with Gasteiger partial charge >= 0.3 is 0 Å². The van der Waals surface area contributed by atoms with E-state index in [1.54, 1.807) is 25.6 Å². The molecule has 0 aliphatic heterocycles. The lowest BCUT2D eigenvalue weighted by molar-refractivity contribution is 0.412. The van der Waals surface area contributed by atoms with Crippen LogP contribution in [0.5, 0.6) is 5.75 Å². The topological polar surface area (TPSA) is 72.5 Å². The summed E-state index contributed by atoms with van der Waals surface area (Å²) in [5.41, 5.74) is 3.35. The van der Waals surface area contributed by atoms with Crippen molar-refractivity contribution in [1.29, 1.82) is 0 Å². The number of ether oxygens (including phenoxy) is 1. The second kappa shape index (κ2) is 5.18. The number of aromatic nitrogens is 1. The molecule has 0 fully saturated rings. The zero-order valence-electron chi connectivity index (χ0n) is 8.32. The Labute approximate surface area is 83.0 Å². The molecule has 76 valence electrons. The number of hydrogen-bond acceptors (Lipinski definition) is 4. The molecule has 5 heteroatoms. The number of aliphatic imine (C=N–C) groups is 1. The Kier molecular flexibility index (Phi) is 3.87. The highest BCUT2D eigenvalue weighted by atomic mass is 16.5. The van der Waals surface area contributed by atoms with Crippen molar-refractivity contribution in [2.45, 2.75) is 6.92 Å². The largest absolute Gasteiger partial charge is 0.494 e. The number of nitrogens with two attached hydrogens (primary N) is 1. The van der Waals surface area contributed by atoms with Crippen molar-refractivity contribution in [3.05, 3.63) is 24.0 Å². The van der Waals surface area contributed by atoms with E-state index < -0.39 is 0 Å². The molecule has 3 N–H and O–H groups in total. The van der Waals surface area contributed by atoms with Crippen molar-refractivity contribution in [1.82, 2.24) is 10.4 Å². The van der Waals surface area contributed by atoms with Crippen LogP contribution in [0.4, 0.5) is 0 Å². The van der Waals surface area contributed by atoms with Crippen molar-refractivity contribution in [2.24, 2.45) is 10.8 Å². The van der Waals surface area contributed by atoms with Crippen LogP contribution in [0.1, 0.15) is 12.5 Å². The number of amidine groups is 1. The number of hydrazine groups is 1. The van der Waals surface area contributed by atoms with Crippen molar-refractivity contribution in [2.75, 3.05) is 13.7 Å². The van der Waals surface area contributed by atoms with E-state index in [9.17, 15) is 0 Å². The molecule has 5 nitrogen and oxygen atoms in total. The molecule has 1 rings (SSSR count). The summed E-state index contributed by atoms with van der Waals surface area (Å²) in [4.78, 5) is 8.14. The van der Waals surface area contributed by atoms with Gasteiger partial charge < -0.3 is 10.2 Å². The molecular formula is C9H14N4O. The highest BCUT2D eigenvalue weighted by Gasteiger charge is 2.07. The summed E-state index contributed by atoms with van der Waals surface area (Å²) in [5, 5.41) is 0. The van der Waals surface area contributed by atoms with Gasteiger partial charge in [0.1, 0.15) is 11.6 Å². The molecule has 0 saturated carbocycles. The van der Waals surface area contributed by atoms with Gasteiger partial charge in [-0.2, -0.15) is 0 Å². The monoisotopic (exact) mass is 194 g/mol. The minimum Gasteiger partial charge on any atom is -0.494 e. The first-order valence-corrected chi connectivity index (χ1v) is 4.33. The fraction of sp³-hybridized carbons (Fsp3) is 0.333. The maximum Gasteiger partial charge on any atom is 0.148 e. The second-order valence-electron chi connectivity index (χ2n) is 2.54. The average Bonchev–Trinajstić information content (AvgIpc) is 2.26. The van der Waals surface area contributed by atoms with Crippen molar-refractivity contribution in [3.8, 4) is 5.75 Å². The summed E-state index contributed by atoms with van der Waals surface area (Å²) >= 11 is 0. The van der Waals surface area contributed by atoms with Gasteiger partial charge in [-0.3, -0.25) is 9.98 Å². The van der Waals surface area contributed by atoms with Gasteiger partial charge in [-0.25, -0.2) is 5.84 Å². The van der Waals surface area contributed by atoms with Gasteiger partial charge in [0.05, 0.1) is 18.9 Å². The molecule has 0 spiro atoms. The smallest absolute Gasteiger partial charge is 0.148 e. The van der Waals surface area contributed by atoms with Gasteiger partial charge in [0.2, 0.25) is 0 Å². The number of methoxy groups -OCH3 is 1. The Morgan fingerprint density at radius 3 is 3.07 bits per heavy atom. The van der Waals surface area contributed by atoms with Crippen molar-refractivity contribution in [3.63, 3.8) is 0 Å². The van der Waals surface area contributed by atoms with Crippen LogP contribution in [0.2, 0.25) is 0 Å². The van der Waals surface area contributed by atoms with Crippen molar-refractivity contribution >= 4 is 5.84 Å². The molecule has 1 aromatic heterocycles. The van der Waals surface area contributed by atoms with E-state index in [2.05, 4.69) is 15.4 Å². The molecule has 0 saturated heterocycles. The number of hydrogen-bond donors (Lipinski definition) is 2. The normalized spacial score (nSPS) is 11.2. The van der Waals surface area contributed by atoms with Crippen LogP contribution < -0.4 is 16.0 Å². The van der Waals surface area contributed by atoms with Crippen LogP contribution >= 0.6 is 0 Å². The highest BCUT2D eigenvalue weighted by Crippen LogP contribution is 2.15. The highest BCUT2D eigenvalue weighted by molar-refractivity contribution is 6.00. The molecule has 0 unspecified atom stereocenters. The summed E-state index contributed by atoms with van der Waals surface area (Å²) in [6.45, 7) is 2.59. The molecule has 0 aliphatic rings. The molecule has 0 amide bonds. The number of nitrogens with zero attached hydrogens (tertiary/aromatic N) is 2. The Balaban J connectivity index is 3.09. The van der Waals surface area contributed by atoms with Gasteiger partial charge in [0.15, 0.2) is 0 Å². The SMILES string of the molecule is CCN=C(NN)c1ccncc1OC. The lowest BCUT2D eigenvalue weighted by Crippen LogP contribution is -2.31. The van der Waals surface area contributed by atoms with Gasteiger partial charge in [-0.15, -0.1) is 0 Å². The molecule has 1 aromatic rings. The van der Waals surface area contributed by atoms with Crippen LogP contribution in [0.15, 0.2) is 23.5 Å². The van der Waals surface area contributed by atoms with E-state index in [-0.39, 0.29) is 0 Å². The third-order valence-corrected chi connectivity index (χ3v) is 1.71. The Hall–Kier alpha value is -1.62. The lowest BCUT2D eigenvalue weighted by Gasteiger charge is -2.09. The quantitative estimate of drug-likeness (QED) is 0.314. The molecule has 1 heterocycles. The zero-order valence-corrected chi connectivity index (χ0v) is 8.32. The molecule has 0 radical (unpaired) electrons. The zero-order chi connectivity index (χ0) is 10.4. The molecule has 14 heavy (non-hydrogen) atoms. The maximum absolute atomic E-state index is 5.36. The first-order valence-electron chi connectivity index (χ1n) is 4.33. The summed E-state index contributed by atoms with van der Waals surface area (Å²) in [5.74, 6) is 6.61. The molecule has 0 aromatic carbocycles. The van der Waals surface area contributed by atoms with Gasteiger partial charge in [-0.05, 0) is 13.0 Å². The Morgan fingerprint density at radius 2 is 2.50 bits per heavy atom. The first-order chi connectivity index (χ1) is 6.83. The Bertz CT molecular complexity index is 324. The third-order valence-electron chi connectivity index (χ3n) is 1.71. The van der Waals surface area contributed by atoms with Crippen LogP contribution in [0.3, 0.4) is 0 Å². The van der Waals surface area contributed by atoms with Gasteiger partial charge in [-0.1, -0.05) is 0 Å². The van der Waals surface area contributed by atoms with E-state index in [0.717, 1.165) is 5.56 Å². The fourth-order valence-electron chi connectivity index (χ4n) is 1.10. The second-order valence-corrected chi connectivity index (χ2v) is 2.54. The molecular weight excluding hydrogens is 180 g/mol. The summed E-state index contributed by atoms with van der Waals surface area (Å²) in [7, 11) is 1.58. The standard InChI is InChI=1S/C9H14N4O/c1-3-12-9(13-10)7-4-5-11-6-8(7)14-2/h4-6H,3,10H2,1-2H3,(H,12,13). The van der Waals surface area contributed by atoms with Crippen molar-refractivity contribution < 1.29 is 4.74 Å². The van der Waals surface area contributed by atoms with E-state index in [4.69, 9.17) is 10.6 Å². The van der Waals surface area contributed by atoms with E-state index in [0.29, 0.717) is 18.1 Å². The predicted octanol–water partition coefficient (Wildman–Crippen LogP) is 0.320. The number of pyridine rings is 1. The predicted molar refractivity (Wildman–Crippen MR) is 55.2 cm³/mol. The summed E-state index contributed by atoms with van der Waals surface area (Å²) in [6.07, 6.45) is 3.29. The summed E-state index contributed by atoms with van der Waals surface area (Å²) in [6, 6.07) is 1.80. The van der Waals surface area contributed by atoms with Gasteiger partial charge in [0.25, 0.3) is 0 Å². The number of nitrogens with one attached hydrogen (secondary N) is 1. The number of rotatable bonds is 3. The maximum atomic E-state index is 5.36. The minimum atomic E-state index is 0.603. The van der Waals surface area contributed by atoms with Gasteiger partial charge in [0, 0.05) is 12.7 Å². The minimum absolute atomic E-state index is 0.603. The van der Waals surface area contributed by atoms with Crippen LogP contribution in [0, 0.1) is 0 Å². The Morgan fingerprint density at radius 1 is 1.71 bits per heavy atom. The summed E-state index contributed by atoms with van der Waals surface area (Å²) < 4.78 is 5.14. The third kappa shape index (κ3) is 2.20.